The summed E-state index contributed by atoms with van der Waals surface area (Å²) in [5.74, 6) is 1.05. The molecular formula is C16H13N3O3. The zero-order valence-corrected chi connectivity index (χ0v) is 12.1. The summed E-state index contributed by atoms with van der Waals surface area (Å²) in [6.45, 7) is 0. The Bertz CT molecular complexity index is 892. The second-order valence-corrected chi connectivity index (χ2v) is 5.04. The van der Waals surface area contributed by atoms with Gasteiger partial charge in [0.05, 0.1) is 31.0 Å². The number of aromatic amines is 1. The third-order valence-electron chi connectivity index (χ3n) is 3.72. The molecule has 0 atom stereocenters. The number of nitrogens with one attached hydrogen (secondary N) is 2. The molecule has 2 heterocycles. The van der Waals surface area contributed by atoms with Crippen LogP contribution in [0.1, 0.15) is 10.4 Å². The molecule has 110 valence electrons. The molecule has 0 radical (unpaired) electrons. The molecule has 0 unspecified atom stereocenters. The van der Waals surface area contributed by atoms with E-state index in [1.807, 2.05) is 6.07 Å². The average molecular weight is 295 g/mol. The van der Waals surface area contributed by atoms with Crippen LogP contribution in [0.25, 0.3) is 22.3 Å². The summed E-state index contributed by atoms with van der Waals surface area (Å²) in [4.78, 5) is 19.8. The second kappa shape index (κ2) is 4.49. The number of amides is 1. The van der Waals surface area contributed by atoms with Crippen LogP contribution in [0.2, 0.25) is 0 Å². The first-order valence-corrected chi connectivity index (χ1v) is 6.76. The number of H-pyrrole nitrogens is 1. The highest BCUT2D eigenvalue weighted by molar-refractivity contribution is 6.17. The van der Waals surface area contributed by atoms with Crippen LogP contribution in [0.15, 0.2) is 30.5 Å². The van der Waals surface area contributed by atoms with E-state index in [9.17, 15) is 4.79 Å². The van der Waals surface area contributed by atoms with Crippen LogP contribution in [0, 0.1) is 0 Å². The van der Waals surface area contributed by atoms with Crippen molar-refractivity contribution in [3.63, 3.8) is 0 Å². The van der Waals surface area contributed by atoms with Gasteiger partial charge in [-0.3, -0.25) is 4.79 Å². The number of hydrogen-bond donors (Lipinski definition) is 2. The molecule has 1 aliphatic heterocycles. The Labute approximate surface area is 126 Å². The van der Waals surface area contributed by atoms with Crippen molar-refractivity contribution in [1.82, 2.24) is 9.97 Å². The van der Waals surface area contributed by atoms with E-state index in [0.29, 0.717) is 22.7 Å². The molecule has 2 aliphatic rings. The van der Waals surface area contributed by atoms with E-state index in [4.69, 9.17) is 9.47 Å². The predicted molar refractivity (Wildman–Crippen MR) is 82.6 cm³/mol. The third kappa shape index (κ3) is 1.88. The minimum absolute atomic E-state index is 0.188. The number of fused-ring (bicyclic) bond motifs is 3. The molecule has 2 N–H and O–H groups in total. The van der Waals surface area contributed by atoms with Gasteiger partial charge in [0.2, 0.25) is 0 Å². The number of anilines is 1. The number of hydrogen-bond acceptors (Lipinski definition) is 4. The number of carbonyl (C=O) groups is 1. The Balaban J connectivity index is 1.65. The number of nitrogens with zero attached hydrogens (tertiary/aromatic N) is 1. The highest BCUT2D eigenvalue weighted by atomic mass is 16.5. The topological polar surface area (TPSA) is 76.2 Å². The van der Waals surface area contributed by atoms with Gasteiger partial charge in [-0.1, -0.05) is 0 Å². The second-order valence-electron chi connectivity index (χ2n) is 5.04. The SMILES string of the molecule is COc1cc(NC(=O)c2c[nH]c3c4nc-4cc23)cc(OC)c1. The number of benzene rings is 1. The van der Waals surface area contributed by atoms with E-state index in [2.05, 4.69) is 15.3 Å². The van der Waals surface area contributed by atoms with Crippen molar-refractivity contribution in [3.05, 3.63) is 36.0 Å². The maximum atomic E-state index is 12.5. The molecule has 0 spiro atoms. The van der Waals surface area contributed by atoms with Crippen molar-refractivity contribution in [1.29, 1.82) is 0 Å². The first-order valence-electron chi connectivity index (χ1n) is 6.76. The highest BCUT2D eigenvalue weighted by Gasteiger charge is 2.25. The summed E-state index contributed by atoms with van der Waals surface area (Å²) in [5, 5.41) is 3.76. The normalized spacial score (nSPS) is 11.4. The summed E-state index contributed by atoms with van der Waals surface area (Å²) < 4.78 is 10.4. The summed E-state index contributed by atoms with van der Waals surface area (Å²) in [6.07, 6.45) is 1.70. The zero-order valence-electron chi connectivity index (χ0n) is 12.1. The molecule has 6 heteroatoms. The Morgan fingerprint density at radius 2 is 1.86 bits per heavy atom. The Kier molecular flexibility index (Phi) is 2.59. The average Bonchev–Trinajstić information content (AvgIpc) is 3.01. The molecule has 0 bridgehead atoms. The molecule has 2 aromatic rings. The standard InChI is InChI=1S/C16H13N3O3/c1-21-9-3-8(4-10(5-9)22-2)18-16(20)12-7-17-14-11(12)6-13-15(14)19-13/h3-7,17H,1-2H3,(H,18,20). The van der Waals surface area contributed by atoms with Crippen molar-refractivity contribution in [3.8, 4) is 22.9 Å². The van der Waals surface area contributed by atoms with E-state index >= 15 is 0 Å². The van der Waals surface area contributed by atoms with Gasteiger partial charge in [-0.2, -0.15) is 0 Å². The monoisotopic (exact) mass is 295 g/mol. The fourth-order valence-corrected chi connectivity index (χ4v) is 2.56. The Morgan fingerprint density at radius 1 is 1.14 bits per heavy atom. The number of carbonyl (C=O) groups excluding carboxylic acids is 1. The largest absolute Gasteiger partial charge is 0.497 e. The van der Waals surface area contributed by atoms with Crippen LogP contribution in [-0.2, 0) is 0 Å². The van der Waals surface area contributed by atoms with Crippen LogP contribution in [0.5, 0.6) is 11.5 Å². The molecule has 0 saturated carbocycles. The number of pyridine rings is 1. The molecule has 6 nitrogen and oxygen atoms in total. The van der Waals surface area contributed by atoms with Crippen molar-refractivity contribution in [2.45, 2.75) is 0 Å². The van der Waals surface area contributed by atoms with E-state index in [0.717, 1.165) is 22.3 Å². The molecule has 1 aromatic carbocycles. The van der Waals surface area contributed by atoms with Crippen molar-refractivity contribution in [2.24, 2.45) is 0 Å². The maximum absolute atomic E-state index is 12.5. The molecule has 4 rings (SSSR count). The Hall–Kier alpha value is -3.02. The van der Waals surface area contributed by atoms with Crippen molar-refractivity contribution < 1.29 is 14.3 Å². The van der Waals surface area contributed by atoms with Gasteiger partial charge < -0.3 is 19.8 Å². The molecule has 1 amide bonds. The zero-order chi connectivity index (χ0) is 15.3. The lowest BCUT2D eigenvalue weighted by molar-refractivity contribution is 0.102. The van der Waals surface area contributed by atoms with Gasteiger partial charge in [0.15, 0.2) is 0 Å². The first-order chi connectivity index (χ1) is 10.7. The van der Waals surface area contributed by atoms with Gasteiger partial charge in [0.1, 0.15) is 17.2 Å². The van der Waals surface area contributed by atoms with Gasteiger partial charge in [-0.15, -0.1) is 0 Å². The van der Waals surface area contributed by atoms with E-state index in [-0.39, 0.29) is 5.91 Å². The van der Waals surface area contributed by atoms with Crippen molar-refractivity contribution in [2.75, 3.05) is 19.5 Å². The van der Waals surface area contributed by atoms with Gasteiger partial charge in [0, 0.05) is 35.5 Å². The van der Waals surface area contributed by atoms with E-state index in [1.165, 1.54) is 0 Å². The smallest absolute Gasteiger partial charge is 0.257 e. The Morgan fingerprint density at radius 3 is 2.55 bits per heavy atom. The quantitative estimate of drug-likeness (QED) is 0.607. The van der Waals surface area contributed by atoms with Gasteiger partial charge in [0.25, 0.3) is 5.91 Å². The fraction of sp³-hybridized carbons (Fsp3) is 0.125. The molecular weight excluding hydrogens is 282 g/mol. The number of methoxy groups -OCH3 is 2. The summed E-state index contributed by atoms with van der Waals surface area (Å²) in [7, 11) is 3.14. The summed E-state index contributed by atoms with van der Waals surface area (Å²) in [5.41, 5.74) is 4.04. The van der Waals surface area contributed by atoms with Crippen LogP contribution >= 0.6 is 0 Å². The van der Waals surface area contributed by atoms with Gasteiger partial charge in [-0.05, 0) is 6.07 Å². The van der Waals surface area contributed by atoms with E-state index < -0.39 is 0 Å². The van der Waals surface area contributed by atoms with Gasteiger partial charge >= 0.3 is 0 Å². The van der Waals surface area contributed by atoms with Crippen LogP contribution in [0.3, 0.4) is 0 Å². The molecule has 22 heavy (non-hydrogen) atoms. The van der Waals surface area contributed by atoms with Crippen LogP contribution in [-0.4, -0.2) is 30.1 Å². The third-order valence-corrected chi connectivity index (χ3v) is 3.72. The lowest BCUT2D eigenvalue weighted by Crippen LogP contribution is -2.11. The van der Waals surface area contributed by atoms with E-state index in [1.54, 1.807) is 38.6 Å². The lowest BCUT2D eigenvalue weighted by atomic mass is 10.2. The molecule has 1 aromatic heterocycles. The van der Waals surface area contributed by atoms with Gasteiger partial charge in [-0.25, -0.2) is 4.98 Å². The van der Waals surface area contributed by atoms with Crippen LogP contribution < -0.4 is 14.8 Å². The maximum Gasteiger partial charge on any atom is 0.257 e. The lowest BCUT2D eigenvalue weighted by Gasteiger charge is -2.09. The summed E-state index contributed by atoms with van der Waals surface area (Å²) in [6, 6.07) is 7.16. The number of rotatable bonds is 4. The molecule has 0 fully saturated rings. The van der Waals surface area contributed by atoms with Crippen molar-refractivity contribution >= 4 is 22.5 Å². The molecule has 0 saturated heterocycles. The minimum Gasteiger partial charge on any atom is -0.497 e. The first kappa shape index (κ1) is 12.7. The molecule has 1 aliphatic carbocycles. The number of ether oxygens (including phenoxy) is 2. The minimum atomic E-state index is -0.188. The predicted octanol–water partition coefficient (Wildman–Crippen LogP) is 2.81. The number of aromatic nitrogens is 2. The fourth-order valence-electron chi connectivity index (χ4n) is 2.56. The van der Waals surface area contributed by atoms with Crippen LogP contribution in [0.4, 0.5) is 5.69 Å². The highest BCUT2D eigenvalue weighted by Crippen LogP contribution is 2.39. The summed E-state index contributed by atoms with van der Waals surface area (Å²) >= 11 is 0.